The minimum Gasteiger partial charge on any atom is -0.497 e. The first-order valence-electron chi connectivity index (χ1n) is 7.98. The zero-order chi connectivity index (χ0) is 15.9. The molecule has 0 aliphatic carbocycles. The van der Waals surface area contributed by atoms with E-state index in [1.807, 2.05) is 12.1 Å². The van der Waals surface area contributed by atoms with Gasteiger partial charge in [0.2, 0.25) is 0 Å². The van der Waals surface area contributed by atoms with E-state index in [9.17, 15) is 5.11 Å². The summed E-state index contributed by atoms with van der Waals surface area (Å²) < 4.78 is 5.32. The topological polar surface area (TPSA) is 57.1 Å². The van der Waals surface area contributed by atoms with Gasteiger partial charge in [-0.2, -0.15) is 0 Å². The second-order valence-corrected chi connectivity index (χ2v) is 5.75. The van der Waals surface area contributed by atoms with Gasteiger partial charge in [0.15, 0.2) is 5.96 Å². The molecule has 1 heterocycles. The molecule has 1 fully saturated rings. The van der Waals surface area contributed by atoms with Crippen LogP contribution in [0.1, 0.15) is 30.9 Å². The molecular formula is C17H28IN3O2. The third-order valence-corrected chi connectivity index (χ3v) is 3.86. The lowest BCUT2D eigenvalue weighted by molar-refractivity contribution is 0.108. The van der Waals surface area contributed by atoms with Gasteiger partial charge in [0, 0.05) is 19.6 Å². The molecule has 2 N–H and O–H groups in total. The van der Waals surface area contributed by atoms with E-state index >= 15 is 0 Å². The summed E-state index contributed by atoms with van der Waals surface area (Å²) in [6.45, 7) is 7.31. The zero-order valence-corrected chi connectivity index (χ0v) is 16.5. The molecule has 0 spiro atoms. The molecule has 0 radical (unpaired) electrons. The predicted molar refractivity (Wildman–Crippen MR) is 105 cm³/mol. The van der Waals surface area contributed by atoms with E-state index in [1.165, 1.54) is 5.56 Å². The molecule has 5 nitrogen and oxygen atoms in total. The summed E-state index contributed by atoms with van der Waals surface area (Å²) in [4.78, 5) is 6.97. The first-order chi connectivity index (χ1) is 10.6. The van der Waals surface area contributed by atoms with Crippen LogP contribution in [-0.4, -0.2) is 48.8 Å². The van der Waals surface area contributed by atoms with Crippen LogP contribution >= 0.6 is 24.0 Å². The summed E-state index contributed by atoms with van der Waals surface area (Å²) in [7, 11) is 1.69. The average molecular weight is 433 g/mol. The van der Waals surface area contributed by atoms with Gasteiger partial charge in [-0.3, -0.25) is 0 Å². The normalized spacial score (nSPS) is 16.0. The molecule has 130 valence electrons. The van der Waals surface area contributed by atoms with Crippen molar-refractivity contribution in [1.82, 2.24) is 10.2 Å². The number of nitrogens with zero attached hydrogens (tertiary/aromatic N) is 2. The molecule has 1 aromatic rings. The van der Waals surface area contributed by atoms with Crippen molar-refractivity contribution in [3.05, 3.63) is 29.3 Å². The fourth-order valence-corrected chi connectivity index (χ4v) is 2.70. The standard InChI is InChI=1S/C17H27N3O2.HI/c1-4-18-17(20-7-5-15(21)6-8-20)19-12-14-9-13(2)10-16(11-14)22-3;/h9-11,15,21H,4-8,12H2,1-3H3,(H,18,19);1H. The first kappa shape index (κ1) is 20.0. The van der Waals surface area contributed by atoms with Crippen molar-refractivity contribution in [2.75, 3.05) is 26.7 Å². The highest BCUT2D eigenvalue weighted by atomic mass is 127. The first-order valence-corrected chi connectivity index (χ1v) is 7.98. The number of aryl methyl sites for hydroxylation is 1. The van der Waals surface area contributed by atoms with E-state index in [0.29, 0.717) is 6.54 Å². The summed E-state index contributed by atoms with van der Waals surface area (Å²) in [6, 6.07) is 6.18. The summed E-state index contributed by atoms with van der Waals surface area (Å²) in [5.41, 5.74) is 2.32. The van der Waals surface area contributed by atoms with Crippen molar-refractivity contribution in [1.29, 1.82) is 0 Å². The number of guanidine groups is 1. The van der Waals surface area contributed by atoms with Crippen LogP contribution in [0, 0.1) is 6.92 Å². The number of ether oxygens (including phenoxy) is 1. The lowest BCUT2D eigenvalue weighted by atomic mass is 10.1. The molecule has 0 aromatic heterocycles. The van der Waals surface area contributed by atoms with Crippen LogP contribution in [0.2, 0.25) is 0 Å². The van der Waals surface area contributed by atoms with Gasteiger partial charge in [-0.05, 0) is 49.9 Å². The molecule has 1 aromatic carbocycles. The van der Waals surface area contributed by atoms with Crippen LogP contribution in [0.4, 0.5) is 0 Å². The minimum absolute atomic E-state index is 0. The van der Waals surface area contributed by atoms with E-state index in [4.69, 9.17) is 9.73 Å². The Hall–Kier alpha value is -1.02. The van der Waals surface area contributed by atoms with Gasteiger partial charge in [-0.15, -0.1) is 24.0 Å². The number of methoxy groups -OCH3 is 1. The Morgan fingerprint density at radius 3 is 2.65 bits per heavy atom. The van der Waals surface area contributed by atoms with Gasteiger partial charge < -0.3 is 20.1 Å². The maximum absolute atomic E-state index is 9.63. The van der Waals surface area contributed by atoms with Crippen LogP contribution < -0.4 is 10.1 Å². The number of hydrogen-bond acceptors (Lipinski definition) is 3. The fourth-order valence-electron chi connectivity index (χ4n) is 2.70. The molecule has 1 saturated heterocycles. The number of aliphatic hydroxyl groups excluding tert-OH is 1. The minimum atomic E-state index is -0.167. The molecule has 2 rings (SSSR count). The van der Waals surface area contributed by atoms with Crippen molar-refractivity contribution in [2.24, 2.45) is 4.99 Å². The molecule has 1 aliphatic heterocycles. The number of nitrogens with one attached hydrogen (secondary N) is 1. The van der Waals surface area contributed by atoms with Crippen molar-refractivity contribution in [3.8, 4) is 5.75 Å². The second kappa shape index (κ2) is 9.97. The van der Waals surface area contributed by atoms with Gasteiger partial charge in [-0.1, -0.05) is 6.07 Å². The van der Waals surface area contributed by atoms with Gasteiger partial charge in [-0.25, -0.2) is 4.99 Å². The highest BCUT2D eigenvalue weighted by Gasteiger charge is 2.19. The van der Waals surface area contributed by atoms with Gasteiger partial charge in [0.25, 0.3) is 0 Å². The smallest absolute Gasteiger partial charge is 0.194 e. The molecule has 1 aliphatic rings. The molecule has 6 heteroatoms. The number of benzene rings is 1. The Kier molecular flexibility index (Phi) is 8.68. The molecule has 0 saturated carbocycles. The van der Waals surface area contributed by atoms with E-state index in [1.54, 1.807) is 7.11 Å². The number of piperidine rings is 1. The molecule has 0 amide bonds. The summed E-state index contributed by atoms with van der Waals surface area (Å²) in [6.07, 6.45) is 1.45. The van der Waals surface area contributed by atoms with Gasteiger partial charge in [0.05, 0.1) is 19.8 Å². The Morgan fingerprint density at radius 1 is 1.35 bits per heavy atom. The van der Waals surface area contributed by atoms with Crippen LogP contribution in [0.15, 0.2) is 23.2 Å². The van der Waals surface area contributed by atoms with Gasteiger partial charge in [0.1, 0.15) is 5.75 Å². The lowest BCUT2D eigenvalue weighted by Crippen LogP contribution is -2.46. The summed E-state index contributed by atoms with van der Waals surface area (Å²) in [5, 5.41) is 13.0. The second-order valence-electron chi connectivity index (χ2n) is 5.75. The quantitative estimate of drug-likeness (QED) is 0.436. The van der Waals surface area contributed by atoms with Crippen LogP contribution in [0.3, 0.4) is 0 Å². The molecular weight excluding hydrogens is 405 g/mol. The number of likely N-dealkylation sites (tertiary alicyclic amines) is 1. The third kappa shape index (κ3) is 6.18. The Bertz CT molecular complexity index is 515. The van der Waals surface area contributed by atoms with E-state index in [2.05, 4.69) is 30.1 Å². The number of aliphatic hydroxyl groups is 1. The van der Waals surface area contributed by atoms with Crippen molar-refractivity contribution < 1.29 is 9.84 Å². The molecule has 0 atom stereocenters. The highest BCUT2D eigenvalue weighted by molar-refractivity contribution is 14.0. The number of rotatable bonds is 4. The van der Waals surface area contributed by atoms with Crippen LogP contribution in [-0.2, 0) is 6.54 Å². The maximum atomic E-state index is 9.63. The van der Waals surface area contributed by atoms with E-state index in [-0.39, 0.29) is 30.1 Å². The number of aliphatic imine (C=N–C) groups is 1. The van der Waals surface area contributed by atoms with E-state index in [0.717, 1.165) is 49.7 Å². The Labute approximate surface area is 156 Å². The molecule has 0 unspecified atom stereocenters. The van der Waals surface area contributed by atoms with Crippen molar-refractivity contribution in [3.63, 3.8) is 0 Å². The van der Waals surface area contributed by atoms with E-state index < -0.39 is 0 Å². The monoisotopic (exact) mass is 433 g/mol. The summed E-state index contributed by atoms with van der Waals surface area (Å²) in [5.74, 6) is 1.80. The summed E-state index contributed by atoms with van der Waals surface area (Å²) >= 11 is 0. The predicted octanol–water partition coefficient (Wildman–Crippen LogP) is 2.54. The lowest BCUT2D eigenvalue weighted by Gasteiger charge is -2.32. The highest BCUT2D eigenvalue weighted by Crippen LogP contribution is 2.17. The van der Waals surface area contributed by atoms with Crippen LogP contribution in [0.25, 0.3) is 0 Å². The maximum Gasteiger partial charge on any atom is 0.194 e. The largest absolute Gasteiger partial charge is 0.497 e. The van der Waals surface area contributed by atoms with Crippen molar-refractivity contribution in [2.45, 2.75) is 39.3 Å². The van der Waals surface area contributed by atoms with Crippen molar-refractivity contribution >= 4 is 29.9 Å². The average Bonchev–Trinajstić information content (AvgIpc) is 2.52. The molecule has 23 heavy (non-hydrogen) atoms. The Morgan fingerprint density at radius 2 is 2.04 bits per heavy atom. The fraction of sp³-hybridized carbons (Fsp3) is 0.588. The Balaban J connectivity index is 0.00000264. The van der Waals surface area contributed by atoms with Crippen LogP contribution in [0.5, 0.6) is 5.75 Å². The number of halogens is 1. The third-order valence-electron chi connectivity index (χ3n) is 3.86. The number of hydrogen-bond donors (Lipinski definition) is 2. The SMILES string of the molecule is CCNC(=NCc1cc(C)cc(OC)c1)N1CCC(O)CC1.I. The zero-order valence-electron chi connectivity index (χ0n) is 14.2. The van der Waals surface area contributed by atoms with Gasteiger partial charge >= 0.3 is 0 Å². The molecule has 0 bridgehead atoms.